The highest BCUT2D eigenvalue weighted by atomic mass is 32.2. The van der Waals surface area contributed by atoms with Crippen LogP contribution in [-0.2, 0) is 16.6 Å². The predicted molar refractivity (Wildman–Crippen MR) is 119 cm³/mol. The molecule has 1 N–H and O–H groups in total. The molecule has 3 heterocycles. The minimum absolute atomic E-state index is 0.0239. The van der Waals surface area contributed by atoms with Crippen LogP contribution in [0.2, 0.25) is 0 Å². The van der Waals surface area contributed by atoms with Gasteiger partial charge in [0, 0.05) is 25.7 Å². The number of amides is 3. The standard InChI is InChI=1S/C20H17FN6O3S2/c1-26-17-13(9-25-26)18(24-11-23-17)31-10-16(28)22-6-7-27-19(29)15(32-20(27)30)8-12-4-2-3-5-14(12)21/h2-5,8-9,11H,6-7,10H2,1H3,(H,22,28)/b15-8-. The van der Waals surface area contributed by atoms with Crippen LogP contribution in [0.15, 0.2) is 46.7 Å². The lowest BCUT2D eigenvalue weighted by molar-refractivity contribution is -0.123. The second-order valence-corrected chi connectivity index (χ2v) is 8.64. The van der Waals surface area contributed by atoms with Crippen LogP contribution in [0.3, 0.4) is 0 Å². The predicted octanol–water partition coefficient (Wildman–Crippen LogP) is 2.45. The van der Waals surface area contributed by atoms with E-state index in [1.807, 2.05) is 0 Å². The summed E-state index contributed by atoms with van der Waals surface area (Å²) in [5.74, 6) is -1.14. The first kappa shape index (κ1) is 22.0. The van der Waals surface area contributed by atoms with E-state index in [1.54, 1.807) is 30.1 Å². The number of halogens is 1. The number of imide groups is 1. The fraction of sp³-hybridized carbons (Fsp3) is 0.200. The summed E-state index contributed by atoms with van der Waals surface area (Å²) in [6, 6.07) is 6.00. The molecule has 1 aliphatic heterocycles. The Kier molecular flexibility index (Phi) is 6.51. The summed E-state index contributed by atoms with van der Waals surface area (Å²) >= 11 is 1.99. The molecule has 0 saturated carbocycles. The molecule has 0 unspecified atom stereocenters. The van der Waals surface area contributed by atoms with E-state index in [1.165, 1.54) is 36.3 Å². The second-order valence-electron chi connectivity index (χ2n) is 6.68. The molecule has 164 valence electrons. The Morgan fingerprint density at radius 2 is 2.09 bits per heavy atom. The molecule has 2 aromatic heterocycles. The van der Waals surface area contributed by atoms with Crippen molar-refractivity contribution in [2.45, 2.75) is 5.03 Å². The van der Waals surface area contributed by atoms with Gasteiger partial charge in [-0.25, -0.2) is 14.4 Å². The lowest BCUT2D eigenvalue weighted by Crippen LogP contribution is -2.37. The lowest BCUT2D eigenvalue weighted by atomic mass is 10.2. The van der Waals surface area contributed by atoms with Gasteiger partial charge >= 0.3 is 0 Å². The Hall–Kier alpha value is -3.25. The van der Waals surface area contributed by atoms with Gasteiger partial charge in [0.25, 0.3) is 11.1 Å². The Morgan fingerprint density at radius 1 is 1.28 bits per heavy atom. The van der Waals surface area contributed by atoms with Gasteiger partial charge in [-0.15, -0.1) is 0 Å². The average Bonchev–Trinajstić information content (AvgIpc) is 3.28. The van der Waals surface area contributed by atoms with E-state index in [0.717, 1.165) is 22.0 Å². The molecule has 4 rings (SSSR count). The molecule has 32 heavy (non-hydrogen) atoms. The minimum Gasteiger partial charge on any atom is -0.354 e. The summed E-state index contributed by atoms with van der Waals surface area (Å²) < 4.78 is 15.4. The fourth-order valence-corrected chi connectivity index (χ4v) is 4.62. The molecular weight excluding hydrogens is 455 g/mol. The molecule has 1 aliphatic rings. The molecule has 0 atom stereocenters. The second kappa shape index (κ2) is 9.49. The van der Waals surface area contributed by atoms with E-state index in [0.29, 0.717) is 10.7 Å². The smallest absolute Gasteiger partial charge is 0.293 e. The molecule has 0 bridgehead atoms. The number of hydrogen-bond acceptors (Lipinski definition) is 8. The number of carbonyl (C=O) groups excluding carboxylic acids is 3. The fourth-order valence-electron chi connectivity index (χ4n) is 2.97. The van der Waals surface area contributed by atoms with Gasteiger partial charge in [0.15, 0.2) is 5.65 Å². The van der Waals surface area contributed by atoms with Crippen molar-refractivity contribution in [1.82, 2.24) is 30.0 Å². The van der Waals surface area contributed by atoms with Crippen LogP contribution >= 0.6 is 23.5 Å². The lowest BCUT2D eigenvalue weighted by Gasteiger charge is -2.13. The van der Waals surface area contributed by atoms with Crippen molar-refractivity contribution < 1.29 is 18.8 Å². The maximum Gasteiger partial charge on any atom is 0.293 e. The number of hydrogen-bond donors (Lipinski definition) is 1. The highest BCUT2D eigenvalue weighted by Gasteiger charge is 2.34. The highest BCUT2D eigenvalue weighted by molar-refractivity contribution is 8.18. The van der Waals surface area contributed by atoms with Crippen molar-refractivity contribution in [3.05, 3.63) is 53.1 Å². The van der Waals surface area contributed by atoms with Crippen LogP contribution in [0.5, 0.6) is 0 Å². The first-order chi connectivity index (χ1) is 15.4. The van der Waals surface area contributed by atoms with Crippen molar-refractivity contribution in [3.63, 3.8) is 0 Å². The zero-order valence-electron chi connectivity index (χ0n) is 16.8. The highest BCUT2D eigenvalue weighted by Crippen LogP contribution is 2.32. The quantitative estimate of drug-likeness (QED) is 0.317. The monoisotopic (exact) mass is 472 g/mol. The molecule has 12 heteroatoms. The van der Waals surface area contributed by atoms with E-state index < -0.39 is 17.0 Å². The van der Waals surface area contributed by atoms with E-state index in [-0.39, 0.29) is 35.2 Å². The first-order valence-corrected chi connectivity index (χ1v) is 11.3. The van der Waals surface area contributed by atoms with Gasteiger partial charge in [-0.3, -0.25) is 24.0 Å². The number of fused-ring (bicyclic) bond motifs is 1. The molecule has 0 spiro atoms. The van der Waals surface area contributed by atoms with E-state index >= 15 is 0 Å². The van der Waals surface area contributed by atoms with Gasteiger partial charge in [0.1, 0.15) is 17.2 Å². The third-order valence-electron chi connectivity index (χ3n) is 4.56. The van der Waals surface area contributed by atoms with Crippen molar-refractivity contribution >= 4 is 57.7 Å². The molecule has 0 aliphatic carbocycles. The van der Waals surface area contributed by atoms with Gasteiger partial charge in [0.2, 0.25) is 5.91 Å². The summed E-state index contributed by atoms with van der Waals surface area (Å²) in [4.78, 5) is 46.4. The first-order valence-electron chi connectivity index (χ1n) is 9.46. The Labute approximate surface area is 190 Å². The number of carbonyl (C=O) groups is 3. The Balaban J connectivity index is 1.29. The van der Waals surface area contributed by atoms with Crippen LogP contribution < -0.4 is 5.32 Å². The molecule has 1 fully saturated rings. The third kappa shape index (κ3) is 4.65. The number of thioether (sulfide) groups is 2. The maximum atomic E-state index is 13.8. The van der Waals surface area contributed by atoms with Crippen molar-refractivity contribution in [2.75, 3.05) is 18.8 Å². The van der Waals surface area contributed by atoms with Crippen molar-refractivity contribution in [2.24, 2.45) is 7.05 Å². The van der Waals surface area contributed by atoms with Crippen LogP contribution in [0.1, 0.15) is 5.56 Å². The molecule has 1 aromatic carbocycles. The van der Waals surface area contributed by atoms with Gasteiger partial charge in [-0.05, 0) is 23.9 Å². The van der Waals surface area contributed by atoms with Crippen molar-refractivity contribution in [3.8, 4) is 0 Å². The number of benzene rings is 1. The molecule has 3 amide bonds. The summed E-state index contributed by atoms with van der Waals surface area (Å²) in [7, 11) is 1.77. The summed E-state index contributed by atoms with van der Waals surface area (Å²) in [5, 5.41) is 7.76. The minimum atomic E-state index is -0.508. The number of nitrogens with zero attached hydrogens (tertiary/aromatic N) is 5. The topological polar surface area (TPSA) is 110 Å². The largest absolute Gasteiger partial charge is 0.354 e. The zero-order chi connectivity index (χ0) is 22.7. The van der Waals surface area contributed by atoms with Crippen LogP contribution in [0, 0.1) is 5.82 Å². The number of aryl methyl sites for hydroxylation is 1. The van der Waals surface area contributed by atoms with Crippen LogP contribution in [-0.4, -0.2) is 60.5 Å². The SMILES string of the molecule is Cn1ncc2c(SCC(=O)NCCN3C(=O)S/C(=C\c4ccccc4F)C3=O)ncnc21. The van der Waals surface area contributed by atoms with Gasteiger partial charge in [0.05, 0.1) is 22.2 Å². The van der Waals surface area contributed by atoms with Gasteiger partial charge in [-0.1, -0.05) is 30.0 Å². The maximum absolute atomic E-state index is 13.8. The molecular formula is C20H17FN6O3S2. The third-order valence-corrected chi connectivity index (χ3v) is 6.47. The molecule has 0 radical (unpaired) electrons. The normalized spacial score (nSPS) is 15.2. The average molecular weight is 473 g/mol. The summed E-state index contributed by atoms with van der Waals surface area (Å²) in [5.41, 5.74) is 0.904. The Morgan fingerprint density at radius 3 is 2.91 bits per heavy atom. The number of nitrogens with one attached hydrogen (secondary N) is 1. The zero-order valence-corrected chi connectivity index (χ0v) is 18.5. The van der Waals surface area contributed by atoms with Crippen LogP contribution in [0.4, 0.5) is 9.18 Å². The van der Waals surface area contributed by atoms with E-state index in [4.69, 9.17) is 0 Å². The summed E-state index contributed by atoms with van der Waals surface area (Å²) in [6.07, 6.45) is 4.42. The number of aromatic nitrogens is 4. The van der Waals surface area contributed by atoms with E-state index in [2.05, 4.69) is 20.4 Å². The van der Waals surface area contributed by atoms with Crippen molar-refractivity contribution in [1.29, 1.82) is 0 Å². The van der Waals surface area contributed by atoms with Gasteiger partial charge in [-0.2, -0.15) is 5.10 Å². The molecule has 3 aromatic rings. The molecule has 9 nitrogen and oxygen atoms in total. The molecule has 1 saturated heterocycles. The van der Waals surface area contributed by atoms with Gasteiger partial charge < -0.3 is 5.32 Å². The van der Waals surface area contributed by atoms with Crippen LogP contribution in [0.25, 0.3) is 17.1 Å². The number of rotatable bonds is 7. The summed E-state index contributed by atoms with van der Waals surface area (Å²) in [6.45, 7) is 0.131. The Bertz CT molecular complexity index is 1250. The van der Waals surface area contributed by atoms with E-state index in [9.17, 15) is 18.8 Å².